The summed E-state index contributed by atoms with van der Waals surface area (Å²) in [5, 5.41) is 2.65. The number of ether oxygens (including phenoxy) is 1. The Morgan fingerprint density at radius 3 is 2.67 bits per heavy atom. The maximum absolute atomic E-state index is 13.5. The van der Waals surface area contributed by atoms with E-state index in [0.29, 0.717) is 35.9 Å². The molecule has 0 spiro atoms. The van der Waals surface area contributed by atoms with Crippen LogP contribution in [-0.2, 0) is 28.3 Å². The van der Waals surface area contributed by atoms with E-state index in [0.717, 1.165) is 12.1 Å². The van der Waals surface area contributed by atoms with Gasteiger partial charge in [-0.3, -0.25) is 18.8 Å². The Morgan fingerprint density at radius 1 is 1.28 bits per heavy atom. The molecule has 190 valence electrons. The standard InChI is InChI=1S/C25H24F3N3O4S/c1-15-22(16-4-3-5-17(10-16)25(26,27)28)23(32)21(13-31(15)19-8-9-35-14-19)24(33)30-11-18-6-7-20(12-29-18)36(2)34/h3-7,10,12-13,19H,8-9,11,14H2,1-2H3,(H,30,33). The van der Waals surface area contributed by atoms with Crippen molar-refractivity contribution in [1.82, 2.24) is 14.9 Å². The van der Waals surface area contributed by atoms with E-state index in [1.807, 2.05) is 0 Å². The molecule has 1 N–H and O–H groups in total. The number of carbonyl (C=O) groups is 1. The summed E-state index contributed by atoms with van der Waals surface area (Å²) in [6.45, 7) is 2.52. The summed E-state index contributed by atoms with van der Waals surface area (Å²) in [5.74, 6) is -0.675. The average molecular weight is 520 g/mol. The third kappa shape index (κ3) is 5.41. The molecule has 3 heterocycles. The Balaban J connectivity index is 1.73. The second kappa shape index (κ2) is 10.4. The Morgan fingerprint density at radius 2 is 2.06 bits per heavy atom. The molecule has 1 amide bonds. The lowest BCUT2D eigenvalue weighted by atomic mass is 9.98. The van der Waals surface area contributed by atoms with Gasteiger partial charge in [0.1, 0.15) is 5.56 Å². The molecule has 1 saturated heterocycles. The Kier molecular flexibility index (Phi) is 7.41. The summed E-state index contributed by atoms with van der Waals surface area (Å²) in [5.41, 5.74) is -0.668. The molecule has 36 heavy (non-hydrogen) atoms. The van der Waals surface area contributed by atoms with Gasteiger partial charge in [0.05, 0.1) is 46.1 Å². The molecule has 0 saturated carbocycles. The van der Waals surface area contributed by atoms with Crippen molar-refractivity contribution in [2.75, 3.05) is 19.5 Å². The van der Waals surface area contributed by atoms with Gasteiger partial charge in [-0.15, -0.1) is 0 Å². The van der Waals surface area contributed by atoms with Crippen molar-refractivity contribution in [2.24, 2.45) is 0 Å². The molecule has 11 heteroatoms. The average Bonchev–Trinajstić information content (AvgIpc) is 3.37. The van der Waals surface area contributed by atoms with Crippen LogP contribution in [0.1, 0.15) is 39.8 Å². The number of nitrogens with zero attached hydrogens (tertiary/aromatic N) is 2. The van der Waals surface area contributed by atoms with Gasteiger partial charge in [-0.05, 0) is 43.2 Å². The molecule has 0 radical (unpaired) electrons. The van der Waals surface area contributed by atoms with E-state index in [9.17, 15) is 27.0 Å². The normalized spacial score (nSPS) is 16.6. The van der Waals surface area contributed by atoms with Gasteiger partial charge in [0.15, 0.2) is 0 Å². The number of aromatic nitrogens is 2. The third-order valence-corrected chi connectivity index (χ3v) is 6.98. The highest BCUT2D eigenvalue weighted by Gasteiger charge is 2.31. The van der Waals surface area contributed by atoms with Crippen molar-refractivity contribution in [3.05, 3.63) is 81.5 Å². The Labute approximate surface area is 207 Å². The monoisotopic (exact) mass is 519 g/mol. The van der Waals surface area contributed by atoms with Crippen molar-refractivity contribution in [2.45, 2.75) is 37.0 Å². The first kappa shape index (κ1) is 25.8. The lowest BCUT2D eigenvalue weighted by Gasteiger charge is -2.21. The topological polar surface area (TPSA) is 90.3 Å². The van der Waals surface area contributed by atoms with Crippen molar-refractivity contribution in [3.63, 3.8) is 0 Å². The van der Waals surface area contributed by atoms with Gasteiger partial charge < -0.3 is 14.6 Å². The highest BCUT2D eigenvalue weighted by Crippen LogP contribution is 2.33. The second-order valence-electron chi connectivity index (χ2n) is 8.46. The van der Waals surface area contributed by atoms with Gasteiger partial charge in [-0.25, -0.2) is 0 Å². The van der Waals surface area contributed by atoms with Crippen LogP contribution < -0.4 is 10.7 Å². The molecule has 1 fully saturated rings. The number of benzene rings is 1. The number of pyridine rings is 2. The summed E-state index contributed by atoms with van der Waals surface area (Å²) in [4.78, 5) is 31.2. The van der Waals surface area contributed by atoms with Crippen LogP contribution in [-0.4, -0.2) is 39.1 Å². The van der Waals surface area contributed by atoms with Crippen LogP contribution in [0.5, 0.6) is 0 Å². The predicted molar refractivity (Wildman–Crippen MR) is 128 cm³/mol. The van der Waals surface area contributed by atoms with Crippen LogP contribution in [0, 0.1) is 6.92 Å². The zero-order chi connectivity index (χ0) is 26.0. The molecule has 1 aliphatic heterocycles. The predicted octanol–water partition coefficient (Wildman–Crippen LogP) is 3.87. The number of carbonyl (C=O) groups excluding carboxylic acids is 1. The molecule has 2 atom stereocenters. The number of rotatable bonds is 6. The fourth-order valence-electron chi connectivity index (χ4n) is 4.15. The fraction of sp³-hybridized carbons (Fsp3) is 0.320. The van der Waals surface area contributed by atoms with Crippen molar-refractivity contribution in [1.29, 1.82) is 0 Å². The van der Waals surface area contributed by atoms with E-state index < -0.39 is 33.9 Å². The maximum Gasteiger partial charge on any atom is 0.416 e. The van der Waals surface area contributed by atoms with Gasteiger partial charge in [0.2, 0.25) is 5.43 Å². The SMILES string of the molecule is Cc1c(-c2cccc(C(F)(F)F)c2)c(=O)c(C(=O)NCc2ccc(S(C)=O)cn2)cn1C1CCOC1. The lowest BCUT2D eigenvalue weighted by Crippen LogP contribution is -2.32. The molecule has 2 aromatic heterocycles. The third-order valence-electron chi connectivity index (χ3n) is 6.07. The van der Waals surface area contributed by atoms with E-state index in [4.69, 9.17) is 4.74 Å². The number of hydrogen-bond acceptors (Lipinski definition) is 5. The summed E-state index contributed by atoms with van der Waals surface area (Å²) >= 11 is 0. The fourth-order valence-corrected chi connectivity index (χ4v) is 4.61. The highest BCUT2D eigenvalue weighted by molar-refractivity contribution is 7.84. The first-order chi connectivity index (χ1) is 17.1. The van der Waals surface area contributed by atoms with Crippen LogP contribution in [0.3, 0.4) is 0 Å². The molecule has 1 aromatic carbocycles. The van der Waals surface area contributed by atoms with Crippen LogP contribution in [0.15, 0.2) is 58.5 Å². The van der Waals surface area contributed by atoms with Crippen molar-refractivity contribution < 1.29 is 26.9 Å². The molecule has 1 aliphatic rings. The molecule has 3 aromatic rings. The highest BCUT2D eigenvalue weighted by atomic mass is 32.2. The lowest BCUT2D eigenvalue weighted by molar-refractivity contribution is -0.137. The number of nitrogens with one attached hydrogen (secondary N) is 1. The van der Waals surface area contributed by atoms with Crippen molar-refractivity contribution in [3.8, 4) is 11.1 Å². The first-order valence-corrected chi connectivity index (χ1v) is 12.7. The minimum absolute atomic E-state index is 0.00815. The Bertz CT molecular complexity index is 1360. The van der Waals surface area contributed by atoms with E-state index >= 15 is 0 Å². The zero-order valence-electron chi connectivity index (χ0n) is 19.6. The molecule has 2 unspecified atom stereocenters. The second-order valence-corrected chi connectivity index (χ2v) is 9.84. The summed E-state index contributed by atoms with van der Waals surface area (Å²) in [6, 6.07) is 7.62. The van der Waals surface area contributed by atoms with Crippen LogP contribution in [0.4, 0.5) is 13.2 Å². The van der Waals surface area contributed by atoms with Gasteiger partial charge in [-0.1, -0.05) is 12.1 Å². The molecule has 0 bridgehead atoms. The molecule has 4 rings (SSSR count). The van der Waals surface area contributed by atoms with Gasteiger partial charge in [0.25, 0.3) is 5.91 Å². The summed E-state index contributed by atoms with van der Waals surface area (Å²) < 4.78 is 58.8. The van der Waals surface area contributed by atoms with E-state index in [1.54, 1.807) is 23.6 Å². The molecular formula is C25H24F3N3O4S. The van der Waals surface area contributed by atoms with Crippen LogP contribution in [0.25, 0.3) is 11.1 Å². The number of halogens is 3. The first-order valence-electron chi connectivity index (χ1n) is 11.1. The van der Waals surface area contributed by atoms with E-state index in [-0.39, 0.29) is 29.3 Å². The summed E-state index contributed by atoms with van der Waals surface area (Å²) in [7, 11) is -1.19. The van der Waals surface area contributed by atoms with Crippen molar-refractivity contribution >= 4 is 16.7 Å². The quantitative estimate of drug-likeness (QED) is 0.534. The summed E-state index contributed by atoms with van der Waals surface area (Å²) in [6.07, 6.45) is 0.479. The smallest absolute Gasteiger partial charge is 0.379 e. The minimum Gasteiger partial charge on any atom is -0.379 e. The van der Waals surface area contributed by atoms with E-state index in [2.05, 4.69) is 10.3 Å². The number of alkyl halides is 3. The zero-order valence-corrected chi connectivity index (χ0v) is 20.4. The van der Waals surface area contributed by atoms with Crippen LogP contribution >= 0.6 is 0 Å². The van der Waals surface area contributed by atoms with E-state index in [1.165, 1.54) is 30.8 Å². The molecule has 0 aliphatic carbocycles. The number of amides is 1. The number of hydrogen-bond donors (Lipinski definition) is 1. The Hall–Kier alpha value is -3.31. The van der Waals surface area contributed by atoms with Gasteiger partial charge in [-0.2, -0.15) is 13.2 Å². The van der Waals surface area contributed by atoms with Crippen LogP contribution in [0.2, 0.25) is 0 Å². The minimum atomic E-state index is -4.58. The molecule has 7 nitrogen and oxygen atoms in total. The molecular weight excluding hydrogens is 495 g/mol. The largest absolute Gasteiger partial charge is 0.416 e. The van der Waals surface area contributed by atoms with Gasteiger partial charge in [0, 0.05) is 36.5 Å². The van der Waals surface area contributed by atoms with Gasteiger partial charge >= 0.3 is 6.18 Å². The maximum atomic E-state index is 13.5.